The van der Waals surface area contributed by atoms with Crippen LogP contribution in [0.3, 0.4) is 0 Å². The lowest BCUT2D eigenvalue weighted by atomic mass is 10.1. The number of ether oxygens (including phenoxy) is 2. The van der Waals surface area contributed by atoms with Crippen LogP contribution in [0, 0.1) is 0 Å². The van der Waals surface area contributed by atoms with Crippen molar-refractivity contribution in [2.45, 2.75) is 38.5 Å². The summed E-state index contributed by atoms with van der Waals surface area (Å²) >= 11 is 1.58. The number of carbonyl (C=O) groups excluding carboxylic acids is 1. The lowest BCUT2D eigenvalue weighted by Crippen LogP contribution is -2.20. The standard InChI is InChI=1S/C20H24N2O3S/c1-3-7-14-10-11-16(17(12-14)24-2)25-13-19(23)22-20-21-15-8-5-4-6-9-18(15)26-20/h3,10-12H,1,4-9,13H2,2H3,(H,21,22,23). The number of nitrogens with one attached hydrogen (secondary N) is 1. The number of aryl methyl sites for hydroxylation is 2. The molecule has 1 aromatic carbocycles. The molecule has 0 saturated heterocycles. The zero-order valence-corrected chi connectivity index (χ0v) is 15.9. The number of hydrogen-bond acceptors (Lipinski definition) is 5. The second-order valence-electron chi connectivity index (χ2n) is 6.26. The van der Waals surface area contributed by atoms with Gasteiger partial charge in [-0.3, -0.25) is 10.1 Å². The molecule has 1 aliphatic rings. The van der Waals surface area contributed by atoms with Crippen molar-refractivity contribution in [1.29, 1.82) is 0 Å². The van der Waals surface area contributed by atoms with Gasteiger partial charge in [-0.25, -0.2) is 4.98 Å². The van der Waals surface area contributed by atoms with E-state index in [1.165, 1.54) is 24.1 Å². The van der Waals surface area contributed by atoms with Crippen molar-refractivity contribution < 1.29 is 14.3 Å². The van der Waals surface area contributed by atoms with Crippen molar-refractivity contribution in [3.8, 4) is 11.5 Å². The van der Waals surface area contributed by atoms with Crippen molar-refractivity contribution in [1.82, 2.24) is 4.98 Å². The van der Waals surface area contributed by atoms with Crippen molar-refractivity contribution in [3.05, 3.63) is 47.0 Å². The van der Waals surface area contributed by atoms with Gasteiger partial charge < -0.3 is 9.47 Å². The van der Waals surface area contributed by atoms with Gasteiger partial charge in [0.25, 0.3) is 5.91 Å². The number of amides is 1. The average molecular weight is 372 g/mol. The first kappa shape index (κ1) is 18.5. The number of rotatable bonds is 7. The molecular weight excluding hydrogens is 348 g/mol. The minimum absolute atomic E-state index is 0.0819. The molecule has 0 radical (unpaired) electrons. The summed E-state index contributed by atoms with van der Waals surface area (Å²) in [5.74, 6) is 0.939. The van der Waals surface area contributed by atoms with Gasteiger partial charge in [0.15, 0.2) is 23.2 Å². The minimum atomic E-state index is -0.217. The molecular formula is C20H24N2O3S. The van der Waals surface area contributed by atoms with E-state index in [-0.39, 0.29) is 12.5 Å². The van der Waals surface area contributed by atoms with Crippen LogP contribution in [0.1, 0.15) is 35.4 Å². The second kappa shape index (κ2) is 8.85. The summed E-state index contributed by atoms with van der Waals surface area (Å²) in [5, 5.41) is 3.51. The second-order valence-corrected chi connectivity index (χ2v) is 7.35. The molecule has 3 rings (SSSR count). The lowest BCUT2D eigenvalue weighted by Gasteiger charge is -2.11. The van der Waals surface area contributed by atoms with E-state index in [4.69, 9.17) is 9.47 Å². The fourth-order valence-corrected chi connectivity index (χ4v) is 4.07. The van der Waals surface area contributed by atoms with Crippen LogP contribution in [0.2, 0.25) is 0 Å². The van der Waals surface area contributed by atoms with Crippen LogP contribution < -0.4 is 14.8 Å². The van der Waals surface area contributed by atoms with Crippen LogP contribution >= 0.6 is 11.3 Å². The summed E-state index contributed by atoms with van der Waals surface area (Å²) in [5.41, 5.74) is 2.22. The van der Waals surface area contributed by atoms with Crippen molar-refractivity contribution >= 4 is 22.4 Å². The van der Waals surface area contributed by atoms with E-state index in [0.29, 0.717) is 16.6 Å². The lowest BCUT2D eigenvalue weighted by molar-refractivity contribution is -0.118. The molecule has 0 bridgehead atoms. The van der Waals surface area contributed by atoms with Crippen LogP contribution in [0.15, 0.2) is 30.9 Å². The fourth-order valence-electron chi connectivity index (χ4n) is 3.01. The Kier molecular flexibility index (Phi) is 6.28. The first-order chi connectivity index (χ1) is 12.7. The van der Waals surface area contributed by atoms with Crippen molar-refractivity contribution in [3.63, 3.8) is 0 Å². The molecule has 0 atom stereocenters. The van der Waals surface area contributed by atoms with Crippen molar-refractivity contribution in [2.24, 2.45) is 0 Å². The molecule has 0 aliphatic heterocycles. The van der Waals surface area contributed by atoms with Crippen LogP contribution in [-0.2, 0) is 24.1 Å². The van der Waals surface area contributed by atoms with E-state index in [0.717, 1.165) is 30.5 Å². The number of allylic oxidation sites excluding steroid dienone is 1. The number of benzene rings is 1. The molecule has 0 fully saturated rings. The van der Waals surface area contributed by atoms with Crippen molar-refractivity contribution in [2.75, 3.05) is 19.0 Å². The predicted octanol–water partition coefficient (Wildman–Crippen LogP) is 4.17. The fraction of sp³-hybridized carbons (Fsp3) is 0.400. The van der Waals surface area contributed by atoms with E-state index >= 15 is 0 Å². The largest absolute Gasteiger partial charge is 0.493 e. The molecule has 0 unspecified atom stereocenters. The molecule has 1 amide bonds. The van der Waals surface area contributed by atoms with Crippen LogP contribution in [0.25, 0.3) is 0 Å². The summed E-state index contributed by atoms with van der Waals surface area (Å²) in [7, 11) is 1.59. The summed E-state index contributed by atoms with van der Waals surface area (Å²) < 4.78 is 11.0. The van der Waals surface area contributed by atoms with Crippen LogP contribution in [0.4, 0.5) is 5.13 Å². The maximum absolute atomic E-state index is 12.2. The van der Waals surface area contributed by atoms with Gasteiger partial charge in [-0.05, 0) is 49.8 Å². The number of thiazole rings is 1. The first-order valence-corrected chi connectivity index (χ1v) is 9.70. The molecule has 1 aliphatic carbocycles. The number of hydrogen-bond donors (Lipinski definition) is 1. The molecule has 1 N–H and O–H groups in total. The molecule has 1 aromatic heterocycles. The normalized spacial score (nSPS) is 13.4. The Balaban J connectivity index is 1.58. The van der Waals surface area contributed by atoms with E-state index in [1.807, 2.05) is 24.3 Å². The summed E-state index contributed by atoms with van der Waals surface area (Å²) in [6.45, 7) is 3.65. The van der Waals surface area contributed by atoms with Gasteiger partial charge in [0.1, 0.15) is 0 Å². The molecule has 5 nitrogen and oxygen atoms in total. The smallest absolute Gasteiger partial charge is 0.264 e. The number of carbonyl (C=O) groups is 1. The van der Waals surface area contributed by atoms with Crippen LogP contribution in [-0.4, -0.2) is 24.6 Å². The number of fused-ring (bicyclic) bond motifs is 1. The highest BCUT2D eigenvalue weighted by Crippen LogP contribution is 2.30. The van der Waals surface area contributed by atoms with E-state index in [9.17, 15) is 4.79 Å². The van der Waals surface area contributed by atoms with Gasteiger partial charge in [-0.15, -0.1) is 17.9 Å². The Morgan fingerprint density at radius 1 is 1.31 bits per heavy atom. The van der Waals surface area contributed by atoms with Gasteiger partial charge in [0.05, 0.1) is 12.8 Å². The Hall–Kier alpha value is -2.34. The molecule has 1 heterocycles. The van der Waals surface area contributed by atoms with E-state index in [1.54, 1.807) is 18.4 Å². The quantitative estimate of drug-likeness (QED) is 0.585. The van der Waals surface area contributed by atoms with E-state index in [2.05, 4.69) is 16.9 Å². The SMILES string of the molecule is C=CCc1ccc(OCC(=O)Nc2nc3c(s2)CCCCC3)c(OC)c1. The Morgan fingerprint density at radius 2 is 2.15 bits per heavy atom. The Bertz CT molecular complexity index is 762. The van der Waals surface area contributed by atoms with Gasteiger partial charge in [-0.2, -0.15) is 0 Å². The molecule has 138 valence electrons. The molecule has 26 heavy (non-hydrogen) atoms. The molecule has 0 spiro atoms. The maximum Gasteiger partial charge on any atom is 0.264 e. The summed E-state index contributed by atoms with van der Waals surface area (Å²) in [6, 6.07) is 5.65. The number of methoxy groups -OCH3 is 1. The third-order valence-electron chi connectivity index (χ3n) is 4.31. The first-order valence-electron chi connectivity index (χ1n) is 8.88. The van der Waals surface area contributed by atoms with Crippen LogP contribution in [0.5, 0.6) is 11.5 Å². The predicted molar refractivity (Wildman–Crippen MR) is 104 cm³/mol. The summed E-state index contributed by atoms with van der Waals surface area (Å²) in [6.07, 6.45) is 8.29. The molecule has 2 aromatic rings. The Morgan fingerprint density at radius 3 is 2.96 bits per heavy atom. The average Bonchev–Trinajstić information content (AvgIpc) is 2.88. The monoisotopic (exact) mass is 372 g/mol. The summed E-state index contributed by atoms with van der Waals surface area (Å²) in [4.78, 5) is 18.1. The number of aromatic nitrogens is 1. The van der Waals surface area contributed by atoms with E-state index < -0.39 is 0 Å². The van der Waals surface area contributed by atoms with Gasteiger partial charge in [-0.1, -0.05) is 18.6 Å². The zero-order chi connectivity index (χ0) is 18.4. The zero-order valence-electron chi connectivity index (χ0n) is 15.0. The Labute approximate surface area is 158 Å². The van der Waals surface area contributed by atoms with Gasteiger partial charge in [0.2, 0.25) is 0 Å². The highest BCUT2D eigenvalue weighted by molar-refractivity contribution is 7.15. The maximum atomic E-state index is 12.2. The molecule has 0 saturated carbocycles. The minimum Gasteiger partial charge on any atom is -0.493 e. The number of nitrogens with zero attached hydrogens (tertiary/aromatic N) is 1. The highest BCUT2D eigenvalue weighted by atomic mass is 32.1. The van der Waals surface area contributed by atoms with Gasteiger partial charge >= 0.3 is 0 Å². The molecule has 6 heteroatoms. The van der Waals surface area contributed by atoms with Gasteiger partial charge in [0, 0.05) is 4.88 Å². The third-order valence-corrected chi connectivity index (χ3v) is 5.38. The highest BCUT2D eigenvalue weighted by Gasteiger charge is 2.16. The third kappa shape index (κ3) is 4.64. The number of anilines is 1. The topological polar surface area (TPSA) is 60.5 Å².